The topological polar surface area (TPSA) is 104 Å². The normalized spacial score (nSPS) is 13.9. The average Bonchev–Trinajstić information content (AvgIpc) is 3.44. The van der Waals surface area contributed by atoms with Gasteiger partial charge in [-0.25, -0.2) is 9.97 Å². The Labute approximate surface area is 178 Å². The number of aromatic hydroxyl groups is 1. The molecule has 3 aromatic heterocycles. The van der Waals surface area contributed by atoms with E-state index in [-0.39, 0.29) is 11.4 Å². The van der Waals surface area contributed by atoms with Crippen molar-refractivity contribution in [3.63, 3.8) is 0 Å². The van der Waals surface area contributed by atoms with E-state index >= 15 is 0 Å². The van der Waals surface area contributed by atoms with Crippen molar-refractivity contribution in [2.24, 2.45) is 0 Å². The van der Waals surface area contributed by atoms with Gasteiger partial charge in [0.05, 0.1) is 5.39 Å². The van der Waals surface area contributed by atoms with Gasteiger partial charge >= 0.3 is 0 Å². The van der Waals surface area contributed by atoms with Crippen LogP contribution >= 0.6 is 22.7 Å². The number of phenols is 1. The fourth-order valence-corrected chi connectivity index (χ4v) is 4.99. The maximum absolute atomic E-state index is 12.3. The zero-order valence-corrected chi connectivity index (χ0v) is 17.2. The third kappa shape index (κ3) is 3.04. The van der Waals surface area contributed by atoms with E-state index in [1.807, 2.05) is 22.9 Å². The summed E-state index contributed by atoms with van der Waals surface area (Å²) in [5.74, 6) is 0.0296. The van der Waals surface area contributed by atoms with Crippen molar-refractivity contribution in [3.8, 4) is 27.6 Å². The zero-order chi connectivity index (χ0) is 20.8. The summed E-state index contributed by atoms with van der Waals surface area (Å²) in [4.78, 5) is 35.3. The van der Waals surface area contributed by atoms with Crippen LogP contribution in [0.2, 0.25) is 0 Å². The molecule has 1 aliphatic rings. The van der Waals surface area contributed by atoms with Gasteiger partial charge in [0.1, 0.15) is 22.1 Å². The van der Waals surface area contributed by atoms with Crippen LogP contribution in [0.5, 0.6) is 5.75 Å². The number of fused-ring (bicyclic) bond motifs is 1. The number of carbonyl (C=O) groups is 2. The number of aromatic nitrogens is 2. The van der Waals surface area contributed by atoms with Crippen LogP contribution in [-0.2, 0) is 9.59 Å². The number of benzene rings is 1. The van der Waals surface area contributed by atoms with Gasteiger partial charge in [-0.1, -0.05) is 18.2 Å². The highest BCUT2D eigenvalue weighted by atomic mass is 32.1. The quantitative estimate of drug-likeness (QED) is 0.417. The molecule has 0 saturated carbocycles. The molecule has 0 saturated heterocycles. The highest BCUT2D eigenvalue weighted by molar-refractivity contribution is 7.18. The third-order valence-electron chi connectivity index (χ3n) is 4.74. The van der Waals surface area contributed by atoms with Crippen molar-refractivity contribution in [3.05, 3.63) is 58.4 Å². The molecule has 4 aromatic rings. The molecule has 0 fully saturated rings. The number of nitrogens with one attached hydrogen (secondary N) is 2. The first-order chi connectivity index (χ1) is 14.5. The summed E-state index contributed by atoms with van der Waals surface area (Å²) in [5.41, 5.74) is 2.07. The molecule has 5 rings (SSSR count). The highest BCUT2D eigenvalue weighted by Gasteiger charge is 2.29. The molecular formula is C21H14N4O3S2. The van der Waals surface area contributed by atoms with Crippen molar-refractivity contribution in [2.45, 2.75) is 6.92 Å². The number of rotatable bonds is 4. The summed E-state index contributed by atoms with van der Waals surface area (Å²) in [5, 5.41) is 20.0. The lowest BCUT2D eigenvalue weighted by Gasteiger charge is -2.11. The van der Waals surface area contributed by atoms with Gasteiger partial charge in [0.15, 0.2) is 5.82 Å². The van der Waals surface area contributed by atoms with Gasteiger partial charge in [0.25, 0.3) is 11.8 Å². The lowest BCUT2D eigenvalue weighted by molar-refractivity contribution is -0.124. The van der Waals surface area contributed by atoms with Gasteiger partial charge in [0, 0.05) is 27.0 Å². The monoisotopic (exact) mass is 434 g/mol. The van der Waals surface area contributed by atoms with E-state index < -0.39 is 11.8 Å². The molecule has 4 heterocycles. The molecule has 0 spiro atoms. The van der Waals surface area contributed by atoms with Crippen LogP contribution in [0.25, 0.3) is 32.0 Å². The molecule has 30 heavy (non-hydrogen) atoms. The summed E-state index contributed by atoms with van der Waals surface area (Å²) in [7, 11) is 0. The summed E-state index contributed by atoms with van der Waals surface area (Å²) < 4.78 is 0. The lowest BCUT2D eigenvalue weighted by atomic mass is 10.1. The molecule has 7 nitrogen and oxygen atoms in total. The second-order valence-electron chi connectivity index (χ2n) is 6.66. The van der Waals surface area contributed by atoms with E-state index in [1.165, 1.54) is 11.3 Å². The van der Waals surface area contributed by atoms with Gasteiger partial charge in [-0.15, -0.1) is 22.7 Å². The predicted octanol–water partition coefficient (Wildman–Crippen LogP) is 4.13. The fourth-order valence-electron chi connectivity index (χ4n) is 3.23. The Bertz CT molecular complexity index is 1360. The molecule has 1 aliphatic heterocycles. The minimum atomic E-state index is -0.490. The number of amides is 2. The standard InChI is InChI=1S/C21H14N4O3S2/c1-10-16(20(28)25-19(10)27)22-18-15-13(14-6-3-7-29-14)9-30-21(15)24-17(23-18)11-4-2-5-12(26)8-11/h2-9,26H,1H3,(H2,22,23,24,25,27,28). The van der Waals surface area contributed by atoms with Crippen LogP contribution in [0.1, 0.15) is 6.92 Å². The van der Waals surface area contributed by atoms with Gasteiger partial charge in [0.2, 0.25) is 0 Å². The number of thiophene rings is 2. The second kappa shape index (κ2) is 7.05. The van der Waals surface area contributed by atoms with Crippen LogP contribution in [0.3, 0.4) is 0 Å². The summed E-state index contributed by atoms with van der Waals surface area (Å²) in [6.07, 6.45) is 0. The predicted molar refractivity (Wildman–Crippen MR) is 117 cm³/mol. The van der Waals surface area contributed by atoms with E-state index in [0.717, 1.165) is 20.7 Å². The van der Waals surface area contributed by atoms with E-state index in [4.69, 9.17) is 0 Å². The van der Waals surface area contributed by atoms with Crippen molar-refractivity contribution in [1.29, 1.82) is 0 Å². The Kier molecular flexibility index (Phi) is 4.34. The maximum Gasteiger partial charge on any atom is 0.275 e. The van der Waals surface area contributed by atoms with E-state index in [9.17, 15) is 14.7 Å². The highest BCUT2D eigenvalue weighted by Crippen LogP contribution is 2.40. The fraction of sp³-hybridized carbons (Fsp3) is 0.0476. The Morgan fingerprint density at radius 1 is 1.07 bits per heavy atom. The van der Waals surface area contributed by atoms with Gasteiger partial charge in [-0.3, -0.25) is 14.9 Å². The Balaban J connectivity index is 1.73. The van der Waals surface area contributed by atoms with Crippen LogP contribution in [-0.4, -0.2) is 26.9 Å². The third-order valence-corrected chi connectivity index (χ3v) is 6.51. The van der Waals surface area contributed by atoms with Crippen molar-refractivity contribution in [1.82, 2.24) is 15.3 Å². The molecule has 9 heteroatoms. The van der Waals surface area contributed by atoms with Crippen molar-refractivity contribution in [2.75, 3.05) is 5.32 Å². The molecule has 0 unspecified atom stereocenters. The summed E-state index contributed by atoms with van der Waals surface area (Å²) in [6, 6.07) is 10.6. The number of phenolic OH excluding ortho intramolecular Hbond substituents is 1. The Hall–Kier alpha value is -3.56. The van der Waals surface area contributed by atoms with Crippen LogP contribution < -0.4 is 10.6 Å². The minimum absolute atomic E-state index is 0.107. The molecular weight excluding hydrogens is 420 g/mol. The first kappa shape index (κ1) is 18.5. The number of hydrogen-bond donors (Lipinski definition) is 3. The van der Waals surface area contributed by atoms with Crippen molar-refractivity contribution >= 4 is 50.5 Å². The average molecular weight is 435 g/mol. The van der Waals surface area contributed by atoms with E-state index in [0.29, 0.717) is 22.8 Å². The minimum Gasteiger partial charge on any atom is -0.508 e. The number of carbonyl (C=O) groups excluding carboxylic acids is 2. The Morgan fingerprint density at radius 3 is 2.63 bits per heavy atom. The molecule has 0 bridgehead atoms. The zero-order valence-electron chi connectivity index (χ0n) is 15.6. The van der Waals surface area contributed by atoms with Gasteiger partial charge in [-0.05, 0) is 30.5 Å². The van der Waals surface area contributed by atoms with Crippen LogP contribution in [0.4, 0.5) is 5.82 Å². The molecule has 1 aromatic carbocycles. The molecule has 3 N–H and O–H groups in total. The summed E-state index contributed by atoms with van der Waals surface area (Å²) >= 11 is 3.06. The molecule has 0 aliphatic carbocycles. The van der Waals surface area contributed by atoms with Gasteiger partial charge < -0.3 is 10.4 Å². The second-order valence-corrected chi connectivity index (χ2v) is 8.47. The molecule has 0 atom stereocenters. The number of anilines is 1. The first-order valence-electron chi connectivity index (χ1n) is 8.97. The van der Waals surface area contributed by atoms with Gasteiger partial charge in [-0.2, -0.15) is 0 Å². The number of hydrogen-bond acceptors (Lipinski definition) is 8. The first-order valence-corrected chi connectivity index (χ1v) is 10.7. The molecule has 148 valence electrons. The molecule has 2 amide bonds. The smallest absolute Gasteiger partial charge is 0.275 e. The number of imide groups is 1. The van der Waals surface area contributed by atoms with E-state index in [1.54, 1.807) is 42.5 Å². The summed E-state index contributed by atoms with van der Waals surface area (Å²) in [6.45, 7) is 1.59. The Morgan fingerprint density at radius 2 is 1.93 bits per heavy atom. The molecule has 0 radical (unpaired) electrons. The van der Waals surface area contributed by atoms with Crippen molar-refractivity contribution < 1.29 is 14.7 Å². The maximum atomic E-state index is 12.3. The van der Waals surface area contributed by atoms with Crippen LogP contribution in [0, 0.1) is 0 Å². The lowest BCUT2D eigenvalue weighted by Crippen LogP contribution is -2.24. The largest absolute Gasteiger partial charge is 0.508 e. The van der Waals surface area contributed by atoms with E-state index in [2.05, 4.69) is 20.6 Å². The van der Waals surface area contributed by atoms with Crippen LogP contribution in [0.15, 0.2) is 58.4 Å². The number of nitrogens with zero attached hydrogens (tertiary/aromatic N) is 2. The SMILES string of the molecule is CC1=C(Nc2nc(-c3cccc(O)c3)nc3scc(-c4cccs4)c23)C(=O)NC1=O.